The Balaban J connectivity index is 0.00000144. The molecule has 0 radical (unpaired) electrons. The Kier molecular flexibility index (Phi) is 4.16. The third-order valence-electron chi connectivity index (χ3n) is 1.36. The van der Waals surface area contributed by atoms with E-state index in [-0.39, 0.29) is 18.1 Å². The molecule has 74 valence electrons. The number of aromatic nitrogens is 1. The SMILES string of the molecule is Cl.NC(c1ccccn1)C(F)(F)F. The lowest BCUT2D eigenvalue weighted by molar-refractivity contribution is -0.150. The lowest BCUT2D eigenvalue weighted by atomic mass is 10.2. The summed E-state index contributed by atoms with van der Waals surface area (Å²) < 4.78 is 35.9. The van der Waals surface area contributed by atoms with Gasteiger partial charge in [-0.3, -0.25) is 4.98 Å². The maximum Gasteiger partial charge on any atom is 0.409 e. The number of rotatable bonds is 1. The molecule has 0 aliphatic rings. The van der Waals surface area contributed by atoms with Crippen LogP contribution in [-0.2, 0) is 0 Å². The van der Waals surface area contributed by atoms with E-state index in [2.05, 4.69) is 4.98 Å². The fourth-order valence-electron chi connectivity index (χ4n) is 0.728. The van der Waals surface area contributed by atoms with E-state index >= 15 is 0 Å². The molecule has 13 heavy (non-hydrogen) atoms. The van der Waals surface area contributed by atoms with Gasteiger partial charge in [-0.15, -0.1) is 12.4 Å². The smallest absolute Gasteiger partial charge is 0.315 e. The molecular formula is C7H8ClF3N2. The zero-order chi connectivity index (χ0) is 9.19. The van der Waals surface area contributed by atoms with Crippen molar-refractivity contribution < 1.29 is 13.2 Å². The topological polar surface area (TPSA) is 38.9 Å². The summed E-state index contributed by atoms with van der Waals surface area (Å²) in [5.74, 6) is 0. The molecule has 1 aromatic heterocycles. The molecule has 1 atom stereocenters. The van der Waals surface area contributed by atoms with E-state index in [4.69, 9.17) is 5.73 Å². The van der Waals surface area contributed by atoms with E-state index in [0.717, 1.165) is 0 Å². The number of hydrogen-bond donors (Lipinski definition) is 1. The molecule has 0 fully saturated rings. The Labute approximate surface area is 79.4 Å². The Morgan fingerprint density at radius 1 is 1.31 bits per heavy atom. The Morgan fingerprint density at radius 2 is 1.92 bits per heavy atom. The average Bonchev–Trinajstić information content (AvgIpc) is 2.03. The van der Waals surface area contributed by atoms with Crippen molar-refractivity contribution in [1.82, 2.24) is 4.98 Å². The molecule has 1 heterocycles. The molecule has 1 unspecified atom stereocenters. The minimum atomic E-state index is -4.42. The first-order valence-electron chi connectivity index (χ1n) is 3.25. The van der Waals surface area contributed by atoms with Crippen LogP contribution in [0, 0.1) is 0 Å². The summed E-state index contributed by atoms with van der Waals surface area (Å²) in [6.07, 6.45) is -3.14. The Bertz CT molecular complexity index is 250. The van der Waals surface area contributed by atoms with Gasteiger partial charge in [0.05, 0.1) is 5.69 Å². The fraction of sp³-hybridized carbons (Fsp3) is 0.286. The Morgan fingerprint density at radius 3 is 2.31 bits per heavy atom. The van der Waals surface area contributed by atoms with E-state index in [1.807, 2.05) is 0 Å². The normalized spacial score (nSPS) is 13.2. The van der Waals surface area contributed by atoms with Gasteiger partial charge in [0.1, 0.15) is 6.04 Å². The predicted octanol–water partition coefficient (Wildman–Crippen LogP) is 2.07. The van der Waals surface area contributed by atoms with Crippen LogP contribution in [0.25, 0.3) is 0 Å². The highest BCUT2D eigenvalue weighted by atomic mass is 35.5. The molecule has 1 aromatic rings. The first kappa shape index (κ1) is 12.2. The number of hydrogen-bond acceptors (Lipinski definition) is 2. The molecule has 2 nitrogen and oxygen atoms in total. The van der Waals surface area contributed by atoms with Crippen molar-refractivity contribution in [3.8, 4) is 0 Å². The molecule has 0 amide bonds. The van der Waals surface area contributed by atoms with Gasteiger partial charge in [-0.2, -0.15) is 13.2 Å². The Hall–Kier alpha value is -0.810. The highest BCUT2D eigenvalue weighted by Gasteiger charge is 2.38. The van der Waals surface area contributed by atoms with Crippen LogP contribution in [0.4, 0.5) is 13.2 Å². The molecule has 0 spiro atoms. The largest absolute Gasteiger partial charge is 0.409 e. The van der Waals surface area contributed by atoms with Gasteiger partial charge in [-0.25, -0.2) is 0 Å². The summed E-state index contributed by atoms with van der Waals surface area (Å²) in [5.41, 5.74) is 4.72. The quantitative estimate of drug-likeness (QED) is 0.774. The van der Waals surface area contributed by atoms with Crippen molar-refractivity contribution in [1.29, 1.82) is 0 Å². The molecule has 2 N–H and O–H groups in total. The summed E-state index contributed by atoms with van der Waals surface area (Å²) in [4.78, 5) is 3.50. The van der Waals surface area contributed by atoms with Crippen LogP contribution in [0.2, 0.25) is 0 Å². The number of halogens is 4. The van der Waals surface area contributed by atoms with E-state index in [1.165, 1.54) is 24.4 Å². The molecule has 0 aliphatic heterocycles. The second kappa shape index (κ2) is 4.43. The van der Waals surface area contributed by atoms with Gasteiger partial charge < -0.3 is 5.73 Å². The van der Waals surface area contributed by atoms with E-state index < -0.39 is 12.2 Å². The molecule has 0 bridgehead atoms. The molecule has 0 saturated carbocycles. The van der Waals surface area contributed by atoms with Crippen LogP contribution >= 0.6 is 12.4 Å². The van der Waals surface area contributed by atoms with Crippen LogP contribution in [0.15, 0.2) is 24.4 Å². The van der Waals surface area contributed by atoms with Gasteiger partial charge in [0.25, 0.3) is 0 Å². The van der Waals surface area contributed by atoms with Gasteiger partial charge in [0.15, 0.2) is 0 Å². The maximum atomic E-state index is 12.0. The standard InChI is InChI=1S/C7H7F3N2.ClH/c8-7(9,10)6(11)5-3-1-2-4-12-5;/h1-4,6H,11H2;1H. The maximum absolute atomic E-state index is 12.0. The number of pyridine rings is 1. The molecular weight excluding hydrogens is 205 g/mol. The van der Waals surface area contributed by atoms with E-state index in [0.29, 0.717) is 0 Å². The van der Waals surface area contributed by atoms with Gasteiger partial charge in [0.2, 0.25) is 0 Å². The van der Waals surface area contributed by atoms with Crippen LogP contribution < -0.4 is 5.73 Å². The lowest BCUT2D eigenvalue weighted by Gasteiger charge is -2.13. The van der Waals surface area contributed by atoms with Crippen molar-refractivity contribution in [2.75, 3.05) is 0 Å². The highest BCUT2D eigenvalue weighted by molar-refractivity contribution is 5.85. The van der Waals surface area contributed by atoms with Crippen molar-refractivity contribution in [3.05, 3.63) is 30.1 Å². The fourth-order valence-corrected chi connectivity index (χ4v) is 0.728. The summed E-state index contributed by atoms with van der Waals surface area (Å²) in [6, 6.07) is 2.26. The third kappa shape index (κ3) is 3.20. The van der Waals surface area contributed by atoms with Gasteiger partial charge in [0, 0.05) is 6.20 Å². The summed E-state index contributed by atoms with van der Waals surface area (Å²) >= 11 is 0. The minimum Gasteiger partial charge on any atom is -0.315 e. The van der Waals surface area contributed by atoms with Crippen LogP contribution in [-0.4, -0.2) is 11.2 Å². The predicted molar refractivity (Wildman–Crippen MR) is 44.5 cm³/mol. The third-order valence-corrected chi connectivity index (χ3v) is 1.36. The zero-order valence-electron chi connectivity index (χ0n) is 6.45. The second-order valence-electron chi connectivity index (χ2n) is 2.27. The molecule has 1 rings (SSSR count). The van der Waals surface area contributed by atoms with Crippen LogP contribution in [0.1, 0.15) is 11.7 Å². The number of nitrogens with two attached hydrogens (primary N) is 1. The molecule has 0 aliphatic carbocycles. The number of nitrogens with zero attached hydrogens (tertiary/aromatic N) is 1. The summed E-state index contributed by atoms with van der Waals surface area (Å²) in [7, 11) is 0. The zero-order valence-corrected chi connectivity index (χ0v) is 7.27. The van der Waals surface area contributed by atoms with Crippen molar-refractivity contribution in [2.45, 2.75) is 12.2 Å². The van der Waals surface area contributed by atoms with Crippen molar-refractivity contribution in [2.24, 2.45) is 5.73 Å². The van der Waals surface area contributed by atoms with Crippen molar-refractivity contribution in [3.63, 3.8) is 0 Å². The summed E-state index contributed by atoms with van der Waals surface area (Å²) in [6.45, 7) is 0. The minimum absolute atomic E-state index is 0. The first-order valence-corrected chi connectivity index (χ1v) is 3.25. The summed E-state index contributed by atoms with van der Waals surface area (Å²) in [5, 5.41) is 0. The van der Waals surface area contributed by atoms with E-state index in [1.54, 1.807) is 0 Å². The van der Waals surface area contributed by atoms with Crippen LogP contribution in [0.3, 0.4) is 0 Å². The van der Waals surface area contributed by atoms with Gasteiger partial charge in [-0.05, 0) is 12.1 Å². The van der Waals surface area contributed by atoms with Gasteiger partial charge >= 0.3 is 6.18 Å². The molecule has 6 heteroatoms. The van der Waals surface area contributed by atoms with Gasteiger partial charge in [-0.1, -0.05) is 6.07 Å². The van der Waals surface area contributed by atoms with E-state index in [9.17, 15) is 13.2 Å². The van der Waals surface area contributed by atoms with Crippen molar-refractivity contribution >= 4 is 12.4 Å². The highest BCUT2D eigenvalue weighted by Crippen LogP contribution is 2.28. The lowest BCUT2D eigenvalue weighted by Crippen LogP contribution is -2.29. The first-order chi connectivity index (χ1) is 5.52. The second-order valence-corrected chi connectivity index (χ2v) is 2.27. The number of alkyl halides is 3. The average molecular weight is 213 g/mol. The van der Waals surface area contributed by atoms with Crippen LogP contribution in [0.5, 0.6) is 0 Å². The monoisotopic (exact) mass is 212 g/mol. The molecule has 0 saturated heterocycles. The molecule has 0 aromatic carbocycles.